The number of aromatic nitrogens is 1. The molecule has 6 heteroatoms. The number of carbonyl (C=O) groups excluding carboxylic acids is 1. The molecule has 0 bridgehead atoms. The number of pyridine rings is 1. The maximum absolute atomic E-state index is 13.5. The number of carbonyl (C=O) groups is 1. The summed E-state index contributed by atoms with van der Waals surface area (Å²) in [5.74, 6) is 0.921. The SMILES string of the molecule is COc1ccc(CCN(C)C(=O)c2cc(-c3ccc(F)cc3)nc3ccc(C)cc23)cc1OC. The summed E-state index contributed by atoms with van der Waals surface area (Å²) < 4.78 is 24.1. The molecule has 34 heavy (non-hydrogen) atoms. The quantitative estimate of drug-likeness (QED) is 0.358. The van der Waals surface area contributed by atoms with Gasteiger partial charge >= 0.3 is 0 Å². The van der Waals surface area contributed by atoms with Crippen LogP contribution in [0.25, 0.3) is 22.2 Å². The molecule has 0 aliphatic rings. The van der Waals surface area contributed by atoms with Crippen molar-refractivity contribution in [1.82, 2.24) is 9.88 Å². The summed E-state index contributed by atoms with van der Waals surface area (Å²) in [7, 11) is 5.00. The molecule has 1 heterocycles. The molecule has 4 aromatic rings. The van der Waals surface area contributed by atoms with Crippen LogP contribution >= 0.6 is 0 Å². The first-order valence-electron chi connectivity index (χ1n) is 11.0. The minimum absolute atomic E-state index is 0.0955. The van der Waals surface area contributed by atoms with Crippen molar-refractivity contribution < 1.29 is 18.7 Å². The number of amides is 1. The van der Waals surface area contributed by atoms with E-state index in [4.69, 9.17) is 14.5 Å². The van der Waals surface area contributed by atoms with Gasteiger partial charge in [-0.25, -0.2) is 9.37 Å². The standard InChI is InChI=1S/C28H27FN2O3/c1-18-5-11-24-22(15-18)23(17-25(30-24)20-7-9-21(29)10-8-20)28(32)31(2)14-13-19-6-12-26(33-3)27(16-19)34-4/h5-12,15-17H,13-14H2,1-4H3. The maximum Gasteiger partial charge on any atom is 0.254 e. The number of methoxy groups -OCH3 is 2. The van der Waals surface area contributed by atoms with Gasteiger partial charge in [-0.15, -0.1) is 0 Å². The zero-order valence-electron chi connectivity index (χ0n) is 19.8. The molecule has 1 aromatic heterocycles. The van der Waals surface area contributed by atoms with Gasteiger partial charge in [0.1, 0.15) is 5.82 Å². The largest absolute Gasteiger partial charge is 0.493 e. The Labute approximate surface area is 198 Å². The van der Waals surface area contributed by atoms with Crippen molar-refractivity contribution in [3.8, 4) is 22.8 Å². The fraction of sp³-hybridized carbons (Fsp3) is 0.214. The smallest absolute Gasteiger partial charge is 0.254 e. The number of hydrogen-bond acceptors (Lipinski definition) is 4. The lowest BCUT2D eigenvalue weighted by Crippen LogP contribution is -2.29. The number of ether oxygens (including phenoxy) is 2. The molecule has 0 N–H and O–H groups in total. The summed E-state index contributed by atoms with van der Waals surface area (Å²) in [6.45, 7) is 2.51. The number of hydrogen-bond donors (Lipinski definition) is 0. The molecule has 4 rings (SSSR count). The molecule has 0 unspecified atom stereocenters. The van der Waals surface area contributed by atoms with Gasteiger partial charge in [-0.2, -0.15) is 0 Å². The highest BCUT2D eigenvalue weighted by molar-refractivity contribution is 6.07. The lowest BCUT2D eigenvalue weighted by Gasteiger charge is -2.19. The Kier molecular flexibility index (Phi) is 6.77. The number of fused-ring (bicyclic) bond motifs is 1. The van der Waals surface area contributed by atoms with Crippen LogP contribution < -0.4 is 9.47 Å². The molecule has 1 amide bonds. The van der Waals surface area contributed by atoms with E-state index in [9.17, 15) is 9.18 Å². The second-order valence-corrected chi connectivity index (χ2v) is 8.25. The number of halogens is 1. The van der Waals surface area contributed by atoms with Crippen LogP contribution in [-0.2, 0) is 6.42 Å². The molecule has 0 saturated carbocycles. The molecule has 5 nitrogen and oxygen atoms in total. The minimum Gasteiger partial charge on any atom is -0.493 e. The van der Waals surface area contributed by atoms with E-state index in [2.05, 4.69) is 0 Å². The molecule has 0 saturated heterocycles. The molecule has 0 radical (unpaired) electrons. The average Bonchev–Trinajstić information content (AvgIpc) is 2.86. The number of likely N-dealkylation sites (N-methyl/N-ethyl adjacent to an activating group) is 1. The van der Waals surface area contributed by atoms with Crippen LogP contribution in [-0.4, -0.2) is 43.6 Å². The van der Waals surface area contributed by atoms with E-state index in [1.54, 1.807) is 44.4 Å². The lowest BCUT2D eigenvalue weighted by molar-refractivity contribution is 0.0798. The molecule has 0 atom stereocenters. The topological polar surface area (TPSA) is 51.7 Å². The summed E-state index contributed by atoms with van der Waals surface area (Å²) >= 11 is 0. The first-order valence-corrected chi connectivity index (χ1v) is 11.0. The van der Waals surface area contributed by atoms with E-state index in [1.807, 2.05) is 43.3 Å². The van der Waals surface area contributed by atoms with Crippen molar-refractivity contribution in [2.24, 2.45) is 0 Å². The van der Waals surface area contributed by atoms with Crippen LogP contribution in [0.15, 0.2) is 66.7 Å². The molecular formula is C28H27FN2O3. The van der Waals surface area contributed by atoms with Crippen LogP contribution in [0.3, 0.4) is 0 Å². The van der Waals surface area contributed by atoms with Gasteiger partial charge in [0, 0.05) is 24.5 Å². The van der Waals surface area contributed by atoms with Gasteiger partial charge in [-0.3, -0.25) is 4.79 Å². The average molecular weight is 459 g/mol. The van der Waals surface area contributed by atoms with Gasteiger partial charge in [0.2, 0.25) is 0 Å². The van der Waals surface area contributed by atoms with Crippen molar-refractivity contribution in [2.75, 3.05) is 27.8 Å². The van der Waals surface area contributed by atoms with Gasteiger partial charge in [0.25, 0.3) is 5.91 Å². The van der Waals surface area contributed by atoms with Crippen LogP contribution in [0.5, 0.6) is 11.5 Å². The Bertz CT molecular complexity index is 1340. The van der Waals surface area contributed by atoms with Crippen LogP contribution in [0, 0.1) is 12.7 Å². The van der Waals surface area contributed by atoms with Crippen molar-refractivity contribution in [3.05, 3.63) is 89.2 Å². The van der Waals surface area contributed by atoms with Crippen LogP contribution in [0.1, 0.15) is 21.5 Å². The Morgan fingerprint density at radius 3 is 2.38 bits per heavy atom. The van der Waals surface area contributed by atoms with Crippen LogP contribution in [0.2, 0.25) is 0 Å². The summed E-state index contributed by atoms with van der Waals surface area (Å²) in [4.78, 5) is 20.0. The van der Waals surface area contributed by atoms with Crippen molar-refractivity contribution in [3.63, 3.8) is 0 Å². The number of nitrogens with zero attached hydrogens (tertiary/aromatic N) is 2. The second kappa shape index (κ2) is 9.91. The van der Waals surface area contributed by atoms with Crippen LogP contribution in [0.4, 0.5) is 4.39 Å². The van der Waals surface area contributed by atoms with E-state index in [1.165, 1.54) is 12.1 Å². The third kappa shape index (κ3) is 4.86. The summed E-state index contributed by atoms with van der Waals surface area (Å²) in [6, 6.07) is 19.6. The molecule has 174 valence electrons. The van der Waals surface area contributed by atoms with Crippen molar-refractivity contribution >= 4 is 16.8 Å². The maximum atomic E-state index is 13.5. The summed E-state index contributed by atoms with van der Waals surface area (Å²) in [5, 5.41) is 0.800. The van der Waals surface area contributed by atoms with Gasteiger partial charge in [-0.05, 0) is 73.5 Å². The fourth-order valence-electron chi connectivity index (χ4n) is 3.93. The lowest BCUT2D eigenvalue weighted by atomic mass is 10.0. The highest BCUT2D eigenvalue weighted by atomic mass is 19.1. The molecule has 0 aliphatic carbocycles. The van der Waals surface area contributed by atoms with Gasteiger partial charge < -0.3 is 14.4 Å². The predicted octanol–water partition coefficient (Wildman–Crippen LogP) is 5.68. The van der Waals surface area contributed by atoms with Crippen molar-refractivity contribution in [2.45, 2.75) is 13.3 Å². The molecule has 0 fully saturated rings. The first kappa shape index (κ1) is 23.2. The first-order chi connectivity index (χ1) is 16.4. The molecular weight excluding hydrogens is 431 g/mol. The molecule has 0 spiro atoms. The Morgan fingerprint density at radius 2 is 1.68 bits per heavy atom. The fourth-order valence-corrected chi connectivity index (χ4v) is 3.93. The predicted molar refractivity (Wildman–Crippen MR) is 132 cm³/mol. The number of benzene rings is 3. The summed E-state index contributed by atoms with van der Waals surface area (Å²) in [5.41, 5.74) is 4.77. The van der Waals surface area contributed by atoms with E-state index in [0.717, 1.165) is 27.6 Å². The van der Waals surface area contributed by atoms with Gasteiger partial charge in [0.05, 0.1) is 31.0 Å². The Morgan fingerprint density at radius 1 is 0.941 bits per heavy atom. The summed E-state index contributed by atoms with van der Waals surface area (Å²) in [6.07, 6.45) is 0.662. The number of rotatable bonds is 7. The molecule has 3 aromatic carbocycles. The third-order valence-electron chi connectivity index (χ3n) is 5.87. The van der Waals surface area contributed by atoms with Crippen molar-refractivity contribution in [1.29, 1.82) is 0 Å². The zero-order valence-corrected chi connectivity index (χ0v) is 19.8. The van der Waals surface area contributed by atoms with Gasteiger partial charge in [-0.1, -0.05) is 17.7 Å². The van der Waals surface area contributed by atoms with E-state index < -0.39 is 0 Å². The van der Waals surface area contributed by atoms with E-state index in [-0.39, 0.29) is 11.7 Å². The van der Waals surface area contributed by atoms with E-state index in [0.29, 0.717) is 35.7 Å². The molecule has 0 aliphatic heterocycles. The van der Waals surface area contributed by atoms with Gasteiger partial charge in [0.15, 0.2) is 11.5 Å². The normalized spacial score (nSPS) is 10.9. The second-order valence-electron chi connectivity index (χ2n) is 8.25. The number of aryl methyl sites for hydroxylation is 1. The Hall–Kier alpha value is -3.93. The zero-order chi connectivity index (χ0) is 24.2. The monoisotopic (exact) mass is 458 g/mol. The highest BCUT2D eigenvalue weighted by Crippen LogP contribution is 2.29. The minimum atomic E-state index is -0.314. The third-order valence-corrected chi connectivity index (χ3v) is 5.87. The van der Waals surface area contributed by atoms with E-state index >= 15 is 0 Å². The Balaban J connectivity index is 1.64. The highest BCUT2D eigenvalue weighted by Gasteiger charge is 2.18.